The Bertz CT molecular complexity index is 558. The van der Waals surface area contributed by atoms with Crippen LogP contribution >= 0.6 is 0 Å². The Morgan fingerprint density at radius 3 is 2.82 bits per heavy atom. The summed E-state index contributed by atoms with van der Waals surface area (Å²) < 4.78 is 11.0. The maximum absolute atomic E-state index is 13.0. The fourth-order valence-electron chi connectivity index (χ4n) is 3.88. The second-order valence-corrected chi connectivity index (χ2v) is 6.97. The molecule has 1 N–H and O–H groups in total. The average Bonchev–Trinajstić information content (AvgIpc) is 2.93. The van der Waals surface area contributed by atoms with E-state index in [4.69, 9.17) is 9.15 Å². The van der Waals surface area contributed by atoms with E-state index in [-0.39, 0.29) is 17.6 Å². The molecule has 2 aliphatic carbocycles. The van der Waals surface area contributed by atoms with Gasteiger partial charge in [0.15, 0.2) is 0 Å². The zero-order valence-corrected chi connectivity index (χ0v) is 13.1. The molecule has 120 valence electrons. The van der Waals surface area contributed by atoms with Crippen molar-refractivity contribution in [1.82, 2.24) is 10.2 Å². The highest BCUT2D eigenvalue weighted by atomic mass is 16.5. The predicted molar refractivity (Wildman–Crippen MR) is 80.9 cm³/mol. The molecule has 2 saturated carbocycles. The third kappa shape index (κ3) is 2.36. The molecule has 5 nitrogen and oxygen atoms in total. The van der Waals surface area contributed by atoms with Crippen molar-refractivity contribution >= 4 is 5.91 Å². The molecule has 4 rings (SSSR count). The minimum atomic E-state index is -0.340. The van der Waals surface area contributed by atoms with Crippen molar-refractivity contribution in [3.63, 3.8) is 0 Å². The van der Waals surface area contributed by atoms with Gasteiger partial charge in [-0.25, -0.2) is 0 Å². The van der Waals surface area contributed by atoms with Gasteiger partial charge >= 0.3 is 0 Å². The zero-order chi connectivity index (χ0) is 15.2. The largest absolute Gasteiger partial charge is 0.460 e. The van der Waals surface area contributed by atoms with Gasteiger partial charge in [0.1, 0.15) is 24.3 Å². The van der Waals surface area contributed by atoms with Crippen LogP contribution in [0.5, 0.6) is 0 Å². The molecule has 5 heteroatoms. The van der Waals surface area contributed by atoms with Crippen LogP contribution < -0.4 is 5.32 Å². The first-order valence-corrected chi connectivity index (χ1v) is 8.38. The molecule has 1 atom stereocenters. The van der Waals surface area contributed by atoms with E-state index in [2.05, 4.69) is 5.32 Å². The van der Waals surface area contributed by atoms with Crippen molar-refractivity contribution in [3.05, 3.63) is 23.7 Å². The van der Waals surface area contributed by atoms with Crippen LogP contribution in [0.25, 0.3) is 0 Å². The second-order valence-electron chi connectivity index (χ2n) is 6.97. The SMILES string of the molecule is COCc1ccc(C2NC3(CCCC3)C(=O)N2CC2CC2)o1. The Kier molecular flexibility index (Phi) is 3.50. The van der Waals surface area contributed by atoms with Gasteiger partial charge in [0.25, 0.3) is 0 Å². The van der Waals surface area contributed by atoms with Gasteiger partial charge in [-0.15, -0.1) is 0 Å². The topological polar surface area (TPSA) is 54.7 Å². The van der Waals surface area contributed by atoms with E-state index in [1.807, 2.05) is 17.0 Å². The molecule has 0 bridgehead atoms. The fourth-order valence-corrected chi connectivity index (χ4v) is 3.88. The summed E-state index contributed by atoms with van der Waals surface area (Å²) in [6.07, 6.45) is 6.56. The van der Waals surface area contributed by atoms with Crippen molar-refractivity contribution in [2.24, 2.45) is 5.92 Å². The molecule has 1 aromatic heterocycles. The van der Waals surface area contributed by atoms with E-state index < -0.39 is 0 Å². The second kappa shape index (κ2) is 5.39. The first kappa shape index (κ1) is 14.3. The minimum Gasteiger partial charge on any atom is -0.460 e. The van der Waals surface area contributed by atoms with Crippen molar-refractivity contribution in [2.75, 3.05) is 13.7 Å². The number of hydrogen-bond donors (Lipinski definition) is 1. The lowest BCUT2D eigenvalue weighted by Gasteiger charge is -2.22. The lowest BCUT2D eigenvalue weighted by atomic mass is 9.98. The summed E-state index contributed by atoms with van der Waals surface area (Å²) in [4.78, 5) is 15.0. The highest BCUT2D eigenvalue weighted by Crippen LogP contribution is 2.43. The molecule has 0 aromatic carbocycles. The van der Waals surface area contributed by atoms with Gasteiger partial charge in [0.2, 0.25) is 5.91 Å². The number of nitrogens with one attached hydrogen (secondary N) is 1. The van der Waals surface area contributed by atoms with Crippen LogP contribution in [-0.4, -0.2) is 30.0 Å². The number of furan rings is 1. The molecule has 1 amide bonds. The highest BCUT2D eigenvalue weighted by molar-refractivity contribution is 5.89. The number of ether oxygens (including phenoxy) is 1. The standard InChI is InChI=1S/C17H24N2O3/c1-21-11-13-6-7-14(22-13)15-18-17(8-2-3-9-17)16(20)19(15)10-12-4-5-12/h6-7,12,15,18H,2-5,8-11H2,1H3. The summed E-state index contributed by atoms with van der Waals surface area (Å²) in [5.74, 6) is 2.61. The third-order valence-corrected chi connectivity index (χ3v) is 5.24. The number of amides is 1. The van der Waals surface area contributed by atoms with Gasteiger partial charge in [-0.05, 0) is 43.7 Å². The Balaban J connectivity index is 1.60. The van der Waals surface area contributed by atoms with Crippen LogP contribution in [0.2, 0.25) is 0 Å². The average molecular weight is 304 g/mol. The van der Waals surface area contributed by atoms with Crippen LogP contribution in [0.1, 0.15) is 56.2 Å². The molecular formula is C17H24N2O3. The number of methoxy groups -OCH3 is 1. The monoisotopic (exact) mass is 304 g/mol. The number of carbonyl (C=O) groups is 1. The Morgan fingerprint density at radius 1 is 1.36 bits per heavy atom. The Morgan fingerprint density at radius 2 is 2.14 bits per heavy atom. The summed E-state index contributed by atoms with van der Waals surface area (Å²) in [6.45, 7) is 1.33. The van der Waals surface area contributed by atoms with E-state index in [9.17, 15) is 4.79 Å². The van der Waals surface area contributed by atoms with Crippen LogP contribution in [0, 0.1) is 5.92 Å². The molecule has 22 heavy (non-hydrogen) atoms. The summed E-state index contributed by atoms with van der Waals surface area (Å²) in [5.41, 5.74) is -0.340. The molecule has 1 saturated heterocycles. The summed E-state index contributed by atoms with van der Waals surface area (Å²) in [7, 11) is 1.66. The number of carbonyl (C=O) groups excluding carboxylic acids is 1. The predicted octanol–water partition coefficient (Wildman–Crippen LogP) is 2.58. The first-order chi connectivity index (χ1) is 10.7. The molecule has 1 spiro atoms. The van der Waals surface area contributed by atoms with Crippen LogP contribution in [0.15, 0.2) is 16.5 Å². The molecule has 1 aromatic rings. The fraction of sp³-hybridized carbons (Fsp3) is 0.706. The Hall–Kier alpha value is -1.33. The van der Waals surface area contributed by atoms with E-state index in [0.29, 0.717) is 12.5 Å². The lowest BCUT2D eigenvalue weighted by Crippen LogP contribution is -2.44. The summed E-state index contributed by atoms with van der Waals surface area (Å²) in [5, 5.41) is 3.61. The van der Waals surface area contributed by atoms with Gasteiger partial charge in [-0.1, -0.05) is 12.8 Å². The van der Waals surface area contributed by atoms with E-state index in [1.165, 1.54) is 12.8 Å². The summed E-state index contributed by atoms with van der Waals surface area (Å²) >= 11 is 0. The van der Waals surface area contributed by atoms with Crippen molar-refractivity contribution in [1.29, 1.82) is 0 Å². The summed E-state index contributed by atoms with van der Waals surface area (Å²) in [6, 6.07) is 3.92. The molecule has 2 heterocycles. The molecule has 3 aliphatic rings. The first-order valence-electron chi connectivity index (χ1n) is 8.38. The van der Waals surface area contributed by atoms with Crippen molar-refractivity contribution in [2.45, 2.75) is 56.8 Å². The van der Waals surface area contributed by atoms with Gasteiger partial charge in [-0.2, -0.15) is 0 Å². The van der Waals surface area contributed by atoms with E-state index >= 15 is 0 Å². The smallest absolute Gasteiger partial charge is 0.244 e. The number of nitrogens with zero attached hydrogens (tertiary/aromatic N) is 1. The van der Waals surface area contributed by atoms with Crippen molar-refractivity contribution < 1.29 is 13.9 Å². The van der Waals surface area contributed by atoms with Crippen molar-refractivity contribution in [3.8, 4) is 0 Å². The Labute approximate surface area is 131 Å². The molecular weight excluding hydrogens is 280 g/mol. The molecule has 0 radical (unpaired) electrons. The highest BCUT2D eigenvalue weighted by Gasteiger charge is 2.54. The zero-order valence-electron chi connectivity index (χ0n) is 13.1. The maximum atomic E-state index is 13.0. The van der Waals surface area contributed by atoms with Crippen LogP contribution in [0.4, 0.5) is 0 Å². The minimum absolute atomic E-state index is 0.114. The normalized spacial score (nSPS) is 27.2. The quantitative estimate of drug-likeness (QED) is 0.908. The van der Waals surface area contributed by atoms with E-state index in [1.54, 1.807) is 7.11 Å². The van der Waals surface area contributed by atoms with Gasteiger partial charge in [-0.3, -0.25) is 10.1 Å². The van der Waals surface area contributed by atoms with Gasteiger partial charge in [0.05, 0.1) is 5.54 Å². The molecule has 1 aliphatic heterocycles. The lowest BCUT2D eigenvalue weighted by molar-refractivity contribution is -0.133. The third-order valence-electron chi connectivity index (χ3n) is 5.24. The van der Waals surface area contributed by atoms with E-state index in [0.717, 1.165) is 43.7 Å². The maximum Gasteiger partial charge on any atom is 0.244 e. The molecule has 1 unspecified atom stereocenters. The van der Waals surface area contributed by atoms with Crippen LogP contribution in [-0.2, 0) is 16.1 Å². The van der Waals surface area contributed by atoms with Gasteiger partial charge < -0.3 is 14.1 Å². The van der Waals surface area contributed by atoms with Gasteiger partial charge in [0, 0.05) is 13.7 Å². The number of hydrogen-bond acceptors (Lipinski definition) is 4. The van der Waals surface area contributed by atoms with Crippen LogP contribution in [0.3, 0.4) is 0 Å². The number of rotatable bonds is 5. The molecule has 3 fully saturated rings.